The lowest BCUT2D eigenvalue weighted by atomic mass is 9.95. The first kappa shape index (κ1) is 21.0. The second kappa shape index (κ2) is 10.7. The maximum atomic E-state index is 13.9. The van der Waals surface area contributed by atoms with Gasteiger partial charge < -0.3 is 4.74 Å². The highest BCUT2D eigenvalue weighted by Gasteiger charge is 2.22. The van der Waals surface area contributed by atoms with Crippen LogP contribution >= 0.6 is 0 Å². The molecule has 28 heavy (non-hydrogen) atoms. The average Bonchev–Trinajstić information content (AvgIpc) is 3.17. The Morgan fingerprint density at radius 2 is 2.04 bits per heavy atom. The summed E-state index contributed by atoms with van der Waals surface area (Å²) in [7, 11) is 1.76. The van der Waals surface area contributed by atoms with Crippen molar-refractivity contribution in [2.45, 2.75) is 39.4 Å². The highest BCUT2D eigenvalue weighted by Crippen LogP contribution is 2.21. The predicted molar refractivity (Wildman–Crippen MR) is 109 cm³/mol. The molecule has 0 radical (unpaired) electrons. The van der Waals surface area contributed by atoms with Crippen molar-refractivity contribution in [1.82, 2.24) is 19.6 Å². The summed E-state index contributed by atoms with van der Waals surface area (Å²) in [6, 6.07) is 7.12. The molecule has 0 amide bonds. The highest BCUT2D eigenvalue weighted by molar-refractivity contribution is 5.17. The van der Waals surface area contributed by atoms with Gasteiger partial charge in [0.05, 0.1) is 12.8 Å². The molecule has 0 spiro atoms. The molecule has 0 N–H and O–H groups in total. The van der Waals surface area contributed by atoms with Gasteiger partial charge in [0.1, 0.15) is 5.82 Å². The predicted octanol–water partition coefficient (Wildman–Crippen LogP) is 3.40. The molecule has 0 aliphatic carbocycles. The fraction of sp³-hybridized carbons (Fsp3) is 0.591. The van der Waals surface area contributed by atoms with Crippen LogP contribution < -0.4 is 0 Å². The summed E-state index contributed by atoms with van der Waals surface area (Å²) in [5.41, 5.74) is 2.06. The second-order valence-corrected chi connectivity index (χ2v) is 7.74. The van der Waals surface area contributed by atoms with Crippen molar-refractivity contribution in [3.63, 3.8) is 0 Å². The lowest BCUT2D eigenvalue weighted by Gasteiger charge is -2.35. The maximum absolute atomic E-state index is 13.9. The van der Waals surface area contributed by atoms with E-state index in [1.807, 2.05) is 23.0 Å². The zero-order valence-corrected chi connectivity index (χ0v) is 17.2. The summed E-state index contributed by atoms with van der Waals surface area (Å²) in [4.78, 5) is 4.86. The van der Waals surface area contributed by atoms with Crippen molar-refractivity contribution < 1.29 is 9.13 Å². The zero-order valence-electron chi connectivity index (χ0n) is 17.2. The number of hydrogen-bond acceptors (Lipinski definition) is 4. The van der Waals surface area contributed by atoms with Crippen LogP contribution in [0.2, 0.25) is 0 Å². The number of likely N-dealkylation sites (tertiary alicyclic amines) is 1. The van der Waals surface area contributed by atoms with Crippen molar-refractivity contribution in [2.24, 2.45) is 5.92 Å². The fourth-order valence-electron chi connectivity index (χ4n) is 3.93. The number of halogens is 1. The summed E-state index contributed by atoms with van der Waals surface area (Å²) >= 11 is 0. The van der Waals surface area contributed by atoms with Crippen LogP contribution in [0.3, 0.4) is 0 Å². The van der Waals surface area contributed by atoms with Crippen LogP contribution in [0.25, 0.3) is 0 Å². The first-order valence-electron chi connectivity index (χ1n) is 10.4. The normalized spacial score (nSPS) is 16.1. The van der Waals surface area contributed by atoms with Crippen LogP contribution in [0.5, 0.6) is 0 Å². The molecule has 1 aromatic heterocycles. The number of piperidine rings is 1. The molecular weight excluding hydrogens is 355 g/mol. The van der Waals surface area contributed by atoms with Crippen LogP contribution in [-0.2, 0) is 24.4 Å². The Kier molecular flexibility index (Phi) is 8.01. The first-order valence-corrected chi connectivity index (χ1v) is 10.4. The number of benzene rings is 1. The Morgan fingerprint density at radius 3 is 2.71 bits per heavy atom. The summed E-state index contributed by atoms with van der Waals surface area (Å²) in [6.07, 6.45) is 6.43. The largest absolute Gasteiger partial charge is 0.383 e. The van der Waals surface area contributed by atoms with Crippen molar-refractivity contribution in [3.8, 4) is 0 Å². The monoisotopic (exact) mass is 388 g/mol. The minimum absolute atomic E-state index is 0.0945. The van der Waals surface area contributed by atoms with E-state index in [0.717, 1.165) is 64.3 Å². The van der Waals surface area contributed by atoms with E-state index in [2.05, 4.69) is 28.0 Å². The van der Waals surface area contributed by atoms with Crippen molar-refractivity contribution >= 4 is 0 Å². The number of nitrogens with zero attached hydrogens (tertiary/aromatic N) is 4. The molecule has 154 valence electrons. The van der Waals surface area contributed by atoms with E-state index in [-0.39, 0.29) is 5.82 Å². The van der Waals surface area contributed by atoms with Gasteiger partial charge in [0, 0.05) is 57.2 Å². The number of aromatic nitrogens is 2. The average molecular weight is 389 g/mol. The number of ether oxygens (including phenoxy) is 1. The Balaban J connectivity index is 1.49. The second-order valence-electron chi connectivity index (χ2n) is 7.74. The van der Waals surface area contributed by atoms with Crippen molar-refractivity contribution in [3.05, 3.63) is 53.6 Å². The van der Waals surface area contributed by atoms with Gasteiger partial charge in [-0.25, -0.2) is 4.39 Å². The van der Waals surface area contributed by atoms with Crippen LogP contribution in [0.4, 0.5) is 4.39 Å². The summed E-state index contributed by atoms with van der Waals surface area (Å²) in [6.45, 7) is 9.45. The summed E-state index contributed by atoms with van der Waals surface area (Å²) in [5.74, 6) is 0.581. The number of methoxy groups -OCH3 is 1. The number of aryl methyl sites for hydroxylation is 1. The van der Waals surface area contributed by atoms with E-state index in [4.69, 9.17) is 4.74 Å². The van der Waals surface area contributed by atoms with Gasteiger partial charge in [-0.05, 0) is 44.8 Å². The quantitative estimate of drug-likeness (QED) is 0.625. The van der Waals surface area contributed by atoms with Gasteiger partial charge in [-0.15, -0.1) is 0 Å². The summed E-state index contributed by atoms with van der Waals surface area (Å²) in [5, 5.41) is 4.39. The standard InChI is InChI=1S/C22H33FN4O/c1-3-27-17-20(14-24-27)16-26(12-13-28-2)15-19-8-10-25(11-9-19)18-21-6-4-5-7-22(21)23/h4-7,14,17,19H,3,8-13,15-16,18H2,1-2H3. The van der Waals surface area contributed by atoms with Gasteiger partial charge in [-0.1, -0.05) is 18.2 Å². The Bertz CT molecular complexity index is 712. The topological polar surface area (TPSA) is 33.5 Å². The van der Waals surface area contributed by atoms with Gasteiger partial charge in [0.15, 0.2) is 0 Å². The molecule has 0 unspecified atom stereocenters. The van der Waals surface area contributed by atoms with Crippen LogP contribution in [0.15, 0.2) is 36.7 Å². The third-order valence-electron chi connectivity index (χ3n) is 5.60. The van der Waals surface area contributed by atoms with Crippen molar-refractivity contribution in [2.75, 3.05) is 39.9 Å². The summed E-state index contributed by atoms with van der Waals surface area (Å²) < 4.78 is 21.2. The van der Waals surface area contributed by atoms with Gasteiger partial charge in [0.2, 0.25) is 0 Å². The van der Waals surface area contributed by atoms with E-state index in [1.165, 1.54) is 5.56 Å². The van der Waals surface area contributed by atoms with Gasteiger partial charge in [-0.3, -0.25) is 14.5 Å². The lowest BCUT2D eigenvalue weighted by Crippen LogP contribution is -2.39. The lowest BCUT2D eigenvalue weighted by molar-refractivity contribution is 0.106. The van der Waals surface area contributed by atoms with Crippen molar-refractivity contribution in [1.29, 1.82) is 0 Å². The Labute approximate surface area is 168 Å². The first-order chi connectivity index (χ1) is 13.7. The molecule has 1 aliphatic rings. The molecule has 1 aliphatic heterocycles. The van der Waals surface area contributed by atoms with Crippen LogP contribution in [0, 0.1) is 11.7 Å². The molecule has 2 heterocycles. The van der Waals surface area contributed by atoms with E-state index in [0.29, 0.717) is 12.5 Å². The van der Waals surface area contributed by atoms with E-state index >= 15 is 0 Å². The van der Waals surface area contributed by atoms with Gasteiger partial charge in [0.25, 0.3) is 0 Å². The zero-order chi connectivity index (χ0) is 19.8. The number of hydrogen-bond donors (Lipinski definition) is 0. The van der Waals surface area contributed by atoms with Gasteiger partial charge >= 0.3 is 0 Å². The molecule has 0 saturated carbocycles. The number of rotatable bonds is 10. The molecule has 6 heteroatoms. The third kappa shape index (κ3) is 6.12. The SMILES string of the molecule is CCn1cc(CN(CCOC)CC2CCN(Cc3ccccc3F)CC2)cn1. The smallest absolute Gasteiger partial charge is 0.127 e. The maximum Gasteiger partial charge on any atom is 0.127 e. The molecule has 2 aromatic rings. The molecule has 1 fully saturated rings. The molecular formula is C22H33FN4O. The molecule has 1 saturated heterocycles. The Morgan fingerprint density at radius 1 is 1.25 bits per heavy atom. The molecule has 3 rings (SSSR count). The highest BCUT2D eigenvalue weighted by atomic mass is 19.1. The minimum atomic E-state index is -0.0945. The van der Waals surface area contributed by atoms with E-state index < -0.39 is 0 Å². The van der Waals surface area contributed by atoms with Crippen LogP contribution in [-0.4, -0.2) is 59.5 Å². The Hall–Kier alpha value is -1.76. The van der Waals surface area contributed by atoms with E-state index in [9.17, 15) is 4.39 Å². The van der Waals surface area contributed by atoms with E-state index in [1.54, 1.807) is 19.2 Å². The fourth-order valence-corrected chi connectivity index (χ4v) is 3.93. The molecule has 0 atom stereocenters. The molecule has 1 aromatic carbocycles. The third-order valence-corrected chi connectivity index (χ3v) is 5.60. The molecule has 0 bridgehead atoms. The van der Waals surface area contributed by atoms with Crippen LogP contribution in [0.1, 0.15) is 30.9 Å². The van der Waals surface area contributed by atoms with Gasteiger partial charge in [-0.2, -0.15) is 5.10 Å². The molecule has 5 nitrogen and oxygen atoms in total. The minimum Gasteiger partial charge on any atom is -0.383 e.